The molecule has 31 heavy (non-hydrogen) atoms. The lowest BCUT2D eigenvalue weighted by atomic mass is 9.97. The molecular weight excluding hydrogens is 408 g/mol. The molecule has 0 aliphatic rings. The van der Waals surface area contributed by atoms with Gasteiger partial charge in [-0.1, -0.05) is 90.0 Å². The van der Waals surface area contributed by atoms with Crippen LogP contribution in [0.4, 0.5) is 0 Å². The second-order valence-corrected chi connectivity index (χ2v) is 9.82. The molecule has 3 aromatic carbocycles. The van der Waals surface area contributed by atoms with Gasteiger partial charge in [-0.15, -0.1) is 0 Å². The summed E-state index contributed by atoms with van der Waals surface area (Å²) >= 11 is 0. The number of hydrogen-bond acceptors (Lipinski definition) is 3. The van der Waals surface area contributed by atoms with Gasteiger partial charge >= 0.3 is 0 Å². The van der Waals surface area contributed by atoms with Crippen molar-refractivity contribution in [3.05, 3.63) is 107 Å². The van der Waals surface area contributed by atoms with E-state index in [1.165, 1.54) is 4.31 Å². The smallest absolute Gasteiger partial charge is 0.236 e. The molecule has 1 unspecified atom stereocenters. The minimum absolute atomic E-state index is 0.146. The van der Waals surface area contributed by atoms with E-state index in [0.29, 0.717) is 0 Å². The molecule has 3 rings (SSSR count). The van der Waals surface area contributed by atoms with E-state index < -0.39 is 10.0 Å². The molecule has 1 atom stereocenters. The van der Waals surface area contributed by atoms with Crippen LogP contribution in [0.25, 0.3) is 0 Å². The van der Waals surface area contributed by atoms with E-state index in [1.54, 1.807) is 0 Å². The molecule has 0 aromatic heterocycles. The Labute approximate surface area is 184 Å². The Morgan fingerprint density at radius 1 is 0.871 bits per heavy atom. The second kappa shape index (κ2) is 9.90. The van der Waals surface area contributed by atoms with Gasteiger partial charge in [-0.25, -0.2) is 8.42 Å². The normalized spacial score (nSPS) is 12.5. The lowest BCUT2D eigenvalue weighted by Crippen LogP contribution is -2.41. The van der Waals surface area contributed by atoms with Gasteiger partial charge in [0.2, 0.25) is 15.9 Å². The maximum atomic E-state index is 13.0. The van der Waals surface area contributed by atoms with Crippen molar-refractivity contribution in [2.75, 3.05) is 12.8 Å². The zero-order valence-electron chi connectivity index (χ0n) is 18.1. The first kappa shape index (κ1) is 22.7. The highest BCUT2D eigenvalue weighted by Crippen LogP contribution is 2.23. The summed E-state index contributed by atoms with van der Waals surface area (Å²) in [6, 6.07) is 24.9. The van der Waals surface area contributed by atoms with Gasteiger partial charge in [0.1, 0.15) is 0 Å². The molecule has 6 heteroatoms. The number of sulfonamides is 1. The molecule has 0 saturated heterocycles. The van der Waals surface area contributed by atoms with Gasteiger partial charge < -0.3 is 5.32 Å². The molecule has 0 fully saturated rings. The zero-order chi connectivity index (χ0) is 22.4. The largest absolute Gasteiger partial charge is 0.344 e. The van der Waals surface area contributed by atoms with Crippen molar-refractivity contribution in [3.63, 3.8) is 0 Å². The molecule has 0 heterocycles. The molecule has 0 bridgehead atoms. The molecule has 0 spiro atoms. The van der Waals surface area contributed by atoms with E-state index in [4.69, 9.17) is 0 Å². The average Bonchev–Trinajstić information content (AvgIpc) is 2.73. The van der Waals surface area contributed by atoms with E-state index in [-0.39, 0.29) is 25.0 Å². The van der Waals surface area contributed by atoms with Crippen LogP contribution in [-0.4, -0.2) is 31.4 Å². The van der Waals surface area contributed by atoms with Gasteiger partial charge in [-0.05, 0) is 30.5 Å². The van der Waals surface area contributed by atoms with E-state index in [0.717, 1.165) is 34.1 Å². The molecule has 5 nitrogen and oxygen atoms in total. The molecule has 1 N–H and O–H groups in total. The first-order valence-corrected chi connectivity index (χ1v) is 12.0. The van der Waals surface area contributed by atoms with Crippen LogP contribution in [0.3, 0.4) is 0 Å². The fourth-order valence-corrected chi connectivity index (χ4v) is 4.14. The minimum Gasteiger partial charge on any atom is -0.344 e. The van der Waals surface area contributed by atoms with Crippen molar-refractivity contribution in [2.24, 2.45) is 0 Å². The minimum atomic E-state index is -3.57. The van der Waals surface area contributed by atoms with Crippen LogP contribution in [-0.2, 0) is 21.4 Å². The number of nitrogens with one attached hydrogen (secondary N) is 1. The Kier molecular flexibility index (Phi) is 7.25. The van der Waals surface area contributed by atoms with Crippen LogP contribution < -0.4 is 5.32 Å². The number of aryl methyl sites for hydroxylation is 2. The summed E-state index contributed by atoms with van der Waals surface area (Å²) in [4.78, 5) is 13.0. The average molecular weight is 437 g/mol. The zero-order valence-corrected chi connectivity index (χ0v) is 18.9. The number of rotatable bonds is 8. The highest BCUT2D eigenvalue weighted by Gasteiger charge is 2.23. The van der Waals surface area contributed by atoms with Crippen LogP contribution in [0.5, 0.6) is 0 Å². The first-order valence-electron chi connectivity index (χ1n) is 10.1. The number of hydrogen-bond donors (Lipinski definition) is 1. The van der Waals surface area contributed by atoms with Crippen molar-refractivity contribution in [2.45, 2.75) is 26.4 Å². The summed E-state index contributed by atoms with van der Waals surface area (Å²) in [7, 11) is -3.57. The molecule has 0 aliphatic carbocycles. The topological polar surface area (TPSA) is 66.5 Å². The van der Waals surface area contributed by atoms with Crippen molar-refractivity contribution < 1.29 is 13.2 Å². The highest BCUT2D eigenvalue weighted by molar-refractivity contribution is 7.88. The lowest BCUT2D eigenvalue weighted by Gasteiger charge is -2.24. The van der Waals surface area contributed by atoms with Gasteiger partial charge in [0.05, 0.1) is 18.8 Å². The number of nitrogens with zero attached hydrogens (tertiary/aromatic N) is 1. The predicted molar refractivity (Wildman–Crippen MR) is 124 cm³/mol. The predicted octanol–water partition coefficient (Wildman–Crippen LogP) is 3.97. The molecule has 0 aliphatic heterocycles. The van der Waals surface area contributed by atoms with Crippen LogP contribution >= 0.6 is 0 Å². The number of amides is 1. The Bertz CT molecular complexity index is 1130. The van der Waals surface area contributed by atoms with Crippen molar-refractivity contribution in [3.8, 4) is 0 Å². The molecule has 1 amide bonds. The third-order valence-electron chi connectivity index (χ3n) is 5.08. The second-order valence-electron chi connectivity index (χ2n) is 7.84. The van der Waals surface area contributed by atoms with Gasteiger partial charge in [0.15, 0.2) is 0 Å². The number of carbonyl (C=O) groups excluding carboxylic acids is 1. The summed E-state index contributed by atoms with van der Waals surface area (Å²) < 4.78 is 25.9. The van der Waals surface area contributed by atoms with E-state index in [2.05, 4.69) is 5.32 Å². The Balaban J connectivity index is 1.82. The van der Waals surface area contributed by atoms with E-state index in [1.807, 2.05) is 92.7 Å². The van der Waals surface area contributed by atoms with Crippen LogP contribution in [0.2, 0.25) is 0 Å². The SMILES string of the molecule is Cc1ccc(CN(CC(=O)NC(c2ccccc2)c2cccc(C)c2)S(C)(=O)=O)cc1. The fraction of sp³-hybridized carbons (Fsp3) is 0.240. The number of carbonyl (C=O) groups is 1. The Morgan fingerprint density at radius 2 is 1.52 bits per heavy atom. The van der Waals surface area contributed by atoms with Gasteiger partial charge in [-0.3, -0.25) is 4.79 Å². The first-order chi connectivity index (χ1) is 14.7. The molecule has 0 radical (unpaired) electrons. The summed E-state index contributed by atoms with van der Waals surface area (Å²) in [6.07, 6.45) is 1.13. The monoisotopic (exact) mass is 436 g/mol. The van der Waals surface area contributed by atoms with Gasteiger partial charge in [0.25, 0.3) is 0 Å². The van der Waals surface area contributed by atoms with E-state index >= 15 is 0 Å². The van der Waals surface area contributed by atoms with E-state index in [9.17, 15) is 13.2 Å². The van der Waals surface area contributed by atoms with Gasteiger partial charge in [-0.2, -0.15) is 4.31 Å². The molecule has 162 valence electrons. The lowest BCUT2D eigenvalue weighted by molar-refractivity contribution is -0.121. The van der Waals surface area contributed by atoms with Crippen molar-refractivity contribution in [1.29, 1.82) is 0 Å². The van der Waals surface area contributed by atoms with Crippen molar-refractivity contribution in [1.82, 2.24) is 9.62 Å². The third-order valence-corrected chi connectivity index (χ3v) is 6.28. The van der Waals surface area contributed by atoms with Crippen molar-refractivity contribution >= 4 is 15.9 Å². The van der Waals surface area contributed by atoms with Crippen LogP contribution in [0.1, 0.15) is 33.9 Å². The Morgan fingerprint density at radius 3 is 2.13 bits per heavy atom. The molecular formula is C25H28N2O3S. The maximum absolute atomic E-state index is 13.0. The van der Waals surface area contributed by atoms with Crippen LogP contribution in [0, 0.1) is 13.8 Å². The molecule has 3 aromatic rings. The highest BCUT2D eigenvalue weighted by atomic mass is 32.2. The maximum Gasteiger partial charge on any atom is 0.236 e. The Hall–Kier alpha value is -2.96. The summed E-state index contributed by atoms with van der Waals surface area (Å²) in [6.45, 7) is 3.87. The quantitative estimate of drug-likeness (QED) is 0.581. The van der Waals surface area contributed by atoms with Crippen LogP contribution in [0.15, 0.2) is 78.9 Å². The van der Waals surface area contributed by atoms with Gasteiger partial charge in [0, 0.05) is 6.54 Å². The summed E-state index contributed by atoms with van der Waals surface area (Å²) in [5.74, 6) is -0.354. The summed E-state index contributed by atoms with van der Waals surface area (Å²) in [5.41, 5.74) is 4.90. The fourth-order valence-electron chi connectivity index (χ4n) is 3.41. The summed E-state index contributed by atoms with van der Waals surface area (Å²) in [5, 5.41) is 3.03. The third kappa shape index (κ3) is 6.51. The molecule has 0 saturated carbocycles. The number of benzene rings is 3. The standard InChI is InChI=1S/C25H28N2O3S/c1-19-12-14-21(15-13-19)17-27(31(3,29)30)18-24(28)26-25(22-9-5-4-6-10-22)23-11-7-8-20(2)16-23/h4-16,25H,17-18H2,1-3H3,(H,26,28).